The average molecular weight is 400 g/mol. The van der Waals surface area contributed by atoms with Crippen LogP contribution in [0.1, 0.15) is 90.4 Å². The van der Waals surface area contributed by atoms with E-state index in [-0.39, 0.29) is 23.1 Å². The first kappa shape index (κ1) is 23.6. The molecule has 1 aromatic rings. The summed E-state index contributed by atoms with van der Waals surface area (Å²) in [5.74, 6) is 0. The first-order valence-electron chi connectivity index (χ1n) is 9.95. The molecule has 0 bridgehead atoms. The molecule has 0 spiro atoms. The van der Waals surface area contributed by atoms with Crippen LogP contribution in [0.15, 0.2) is 30.6 Å². The number of aromatic nitrogens is 1. The summed E-state index contributed by atoms with van der Waals surface area (Å²) in [5, 5.41) is 10.0. The third-order valence-corrected chi connectivity index (χ3v) is 4.64. The molecule has 0 aromatic carbocycles. The van der Waals surface area contributed by atoms with E-state index in [9.17, 15) is 5.11 Å². The maximum Gasteiger partial charge on any atom is 0.168 e. The fraction of sp³-hybridized carbons (Fsp3) is 0.762. The largest absolute Gasteiger partial charge is 1.00 e. The molecule has 0 amide bonds. The summed E-state index contributed by atoms with van der Waals surface area (Å²) in [6, 6.07) is 6.10. The van der Waals surface area contributed by atoms with Gasteiger partial charge in [-0.1, -0.05) is 83.6 Å². The maximum absolute atomic E-state index is 10.0. The second-order valence-corrected chi connectivity index (χ2v) is 6.88. The molecule has 2 nitrogen and oxygen atoms in total. The lowest BCUT2D eigenvalue weighted by Crippen LogP contribution is -3.00. The topological polar surface area (TPSA) is 24.1 Å². The van der Waals surface area contributed by atoms with Crippen molar-refractivity contribution in [3.05, 3.63) is 30.6 Å². The van der Waals surface area contributed by atoms with Gasteiger partial charge in [0, 0.05) is 18.6 Å². The fourth-order valence-corrected chi connectivity index (χ4v) is 3.07. The molecule has 0 saturated carbocycles. The van der Waals surface area contributed by atoms with Crippen LogP contribution in [0.5, 0.6) is 0 Å². The van der Waals surface area contributed by atoms with E-state index in [2.05, 4.69) is 23.9 Å². The molecule has 0 saturated heterocycles. The number of aliphatic hydroxyl groups is 1. The zero-order chi connectivity index (χ0) is 16.6. The summed E-state index contributed by atoms with van der Waals surface area (Å²) in [7, 11) is 0. The summed E-state index contributed by atoms with van der Waals surface area (Å²) in [5.41, 5.74) is 0. The van der Waals surface area contributed by atoms with E-state index in [0.717, 1.165) is 19.4 Å². The van der Waals surface area contributed by atoms with Gasteiger partial charge in [-0.15, -0.1) is 0 Å². The Balaban J connectivity index is 0.00000529. The summed E-state index contributed by atoms with van der Waals surface area (Å²) in [4.78, 5) is 0. The molecule has 0 aliphatic heterocycles. The van der Waals surface area contributed by atoms with Crippen LogP contribution in [0, 0.1) is 0 Å². The summed E-state index contributed by atoms with van der Waals surface area (Å²) in [6.07, 6.45) is 20.9. The lowest BCUT2D eigenvalue weighted by molar-refractivity contribution is -0.698. The van der Waals surface area contributed by atoms with Crippen LogP contribution < -0.4 is 21.5 Å². The Bertz CT molecular complexity index is 358. The molecule has 1 aromatic heterocycles. The van der Waals surface area contributed by atoms with Crippen molar-refractivity contribution in [2.75, 3.05) is 0 Å². The third kappa shape index (κ3) is 14.0. The zero-order valence-electron chi connectivity index (χ0n) is 15.6. The molecule has 0 radical (unpaired) electrons. The lowest BCUT2D eigenvalue weighted by atomic mass is 10.0. The van der Waals surface area contributed by atoms with Crippen LogP contribution in [0.3, 0.4) is 0 Å². The van der Waals surface area contributed by atoms with Crippen molar-refractivity contribution in [3.63, 3.8) is 0 Å². The number of rotatable bonds is 15. The van der Waals surface area contributed by atoms with Gasteiger partial charge in [-0.05, 0) is 6.42 Å². The fourth-order valence-electron chi connectivity index (χ4n) is 3.07. The monoisotopic (exact) mass is 399 g/mol. The number of aryl methyl sites for hydroxylation is 1. The summed E-state index contributed by atoms with van der Waals surface area (Å²) < 4.78 is 2.14. The molecule has 1 heterocycles. The second kappa shape index (κ2) is 17.4. The molecule has 0 aliphatic carbocycles. The maximum atomic E-state index is 10.0. The van der Waals surface area contributed by atoms with Crippen LogP contribution in [0.4, 0.5) is 0 Å². The Morgan fingerprint density at radius 3 is 1.75 bits per heavy atom. The van der Waals surface area contributed by atoms with Gasteiger partial charge in [-0.3, -0.25) is 0 Å². The smallest absolute Gasteiger partial charge is 0.168 e. The van der Waals surface area contributed by atoms with Gasteiger partial charge in [0.25, 0.3) is 0 Å². The van der Waals surface area contributed by atoms with Gasteiger partial charge < -0.3 is 22.1 Å². The van der Waals surface area contributed by atoms with Gasteiger partial charge in [-0.25, -0.2) is 4.57 Å². The molecule has 1 unspecified atom stereocenters. The standard InChI is InChI=1S/C21H38NO.BrH/c1-2-3-4-5-6-7-8-9-10-11-13-16-21(23)17-20-22-18-14-12-15-19-22;/h12,14-15,18-19,21,23H,2-11,13,16-17,20H2,1H3;1H/q+1;/p-1. The Kier molecular flexibility index (Phi) is 17.1. The molecule has 1 N–H and O–H groups in total. The highest BCUT2D eigenvalue weighted by Gasteiger charge is 2.07. The van der Waals surface area contributed by atoms with Crippen molar-refractivity contribution in [1.29, 1.82) is 0 Å². The molecule has 3 heteroatoms. The van der Waals surface area contributed by atoms with Crippen LogP contribution in [0.2, 0.25) is 0 Å². The highest BCUT2D eigenvalue weighted by molar-refractivity contribution is 4.83. The van der Waals surface area contributed by atoms with Crippen molar-refractivity contribution in [1.82, 2.24) is 0 Å². The van der Waals surface area contributed by atoms with Crippen molar-refractivity contribution in [3.8, 4) is 0 Å². The zero-order valence-corrected chi connectivity index (χ0v) is 17.2. The van der Waals surface area contributed by atoms with Crippen molar-refractivity contribution < 1.29 is 26.7 Å². The summed E-state index contributed by atoms with van der Waals surface area (Å²) in [6.45, 7) is 3.19. The van der Waals surface area contributed by atoms with Crippen LogP contribution >= 0.6 is 0 Å². The SMILES string of the molecule is CCCCCCCCCCCCCC(O)CC[n+]1ccccc1.[Br-]. The third-order valence-electron chi connectivity index (χ3n) is 4.64. The summed E-state index contributed by atoms with van der Waals surface area (Å²) >= 11 is 0. The van der Waals surface area contributed by atoms with Crippen molar-refractivity contribution in [2.45, 2.75) is 103 Å². The Morgan fingerprint density at radius 1 is 0.708 bits per heavy atom. The molecule has 0 fully saturated rings. The quantitative estimate of drug-likeness (QED) is 0.355. The van der Waals surface area contributed by atoms with E-state index in [0.29, 0.717) is 0 Å². The molecule has 1 atom stereocenters. The van der Waals surface area contributed by atoms with E-state index >= 15 is 0 Å². The highest BCUT2D eigenvalue weighted by atomic mass is 79.9. The number of hydrogen-bond donors (Lipinski definition) is 1. The minimum absolute atomic E-state index is 0. The number of aliphatic hydroxyl groups excluding tert-OH is 1. The van der Waals surface area contributed by atoms with Gasteiger partial charge in [0.05, 0.1) is 6.10 Å². The van der Waals surface area contributed by atoms with Crippen LogP contribution in [0.25, 0.3) is 0 Å². The van der Waals surface area contributed by atoms with Crippen molar-refractivity contribution in [2.24, 2.45) is 0 Å². The Labute approximate surface area is 160 Å². The molecule has 24 heavy (non-hydrogen) atoms. The first-order chi connectivity index (χ1) is 11.3. The Hall–Kier alpha value is -0.410. The number of pyridine rings is 1. The van der Waals surface area contributed by atoms with Crippen LogP contribution in [-0.4, -0.2) is 11.2 Å². The van der Waals surface area contributed by atoms with E-state index < -0.39 is 0 Å². The van der Waals surface area contributed by atoms with E-state index in [1.807, 2.05) is 18.2 Å². The van der Waals surface area contributed by atoms with Gasteiger partial charge in [0.1, 0.15) is 0 Å². The van der Waals surface area contributed by atoms with Gasteiger partial charge in [-0.2, -0.15) is 0 Å². The number of halogens is 1. The van der Waals surface area contributed by atoms with Gasteiger partial charge >= 0.3 is 0 Å². The van der Waals surface area contributed by atoms with Gasteiger partial charge in [0.2, 0.25) is 0 Å². The minimum atomic E-state index is -0.138. The van der Waals surface area contributed by atoms with Crippen LogP contribution in [-0.2, 0) is 6.54 Å². The lowest BCUT2D eigenvalue weighted by Gasteiger charge is -2.08. The molecule has 140 valence electrons. The number of hydrogen-bond acceptors (Lipinski definition) is 1. The second-order valence-electron chi connectivity index (χ2n) is 6.88. The molecule has 1 rings (SSSR count). The first-order valence-corrected chi connectivity index (χ1v) is 9.95. The predicted molar refractivity (Wildman–Crippen MR) is 98.3 cm³/mol. The van der Waals surface area contributed by atoms with E-state index in [1.165, 1.54) is 70.6 Å². The molecular formula is C21H38BrNO. The number of nitrogens with zero attached hydrogens (tertiary/aromatic N) is 1. The minimum Gasteiger partial charge on any atom is -1.00 e. The van der Waals surface area contributed by atoms with E-state index in [4.69, 9.17) is 0 Å². The van der Waals surface area contributed by atoms with Crippen molar-refractivity contribution >= 4 is 0 Å². The predicted octanol–water partition coefficient (Wildman–Crippen LogP) is 2.43. The average Bonchev–Trinajstić information content (AvgIpc) is 2.59. The van der Waals surface area contributed by atoms with Gasteiger partial charge in [0.15, 0.2) is 18.9 Å². The normalized spacial score (nSPS) is 11.9. The molecule has 0 aliphatic rings. The highest BCUT2D eigenvalue weighted by Crippen LogP contribution is 2.13. The van der Waals surface area contributed by atoms with E-state index in [1.54, 1.807) is 0 Å². The number of unbranched alkanes of at least 4 members (excludes halogenated alkanes) is 10. The Morgan fingerprint density at radius 2 is 1.21 bits per heavy atom. The molecular weight excluding hydrogens is 362 g/mol.